The number of sulfonamides is 1. The Balaban J connectivity index is 3.25. The second kappa shape index (κ2) is 10.0. The number of hydrogen-bond acceptors (Lipinski definition) is 6. The zero-order valence-electron chi connectivity index (χ0n) is 16.1. The van der Waals surface area contributed by atoms with Crippen molar-refractivity contribution in [3.05, 3.63) is 11.6 Å². The van der Waals surface area contributed by atoms with E-state index in [4.69, 9.17) is 9.47 Å². The standard InChI is InChI=1S/C17H30N2O6S/c1-6-13(7-2)25-15-10-12(17(21)24-8-3)9-14(19-26(5,22)23)16(15)18-11(4)20/h10,13-16,19H,6-9H2,1-5H3,(H,18,20)/t14-,15+,16+/m0/s1. The molecule has 0 fully saturated rings. The number of amides is 1. The van der Waals surface area contributed by atoms with Crippen molar-refractivity contribution in [2.24, 2.45) is 0 Å². The molecule has 9 heteroatoms. The van der Waals surface area contributed by atoms with Gasteiger partial charge in [0, 0.05) is 18.5 Å². The van der Waals surface area contributed by atoms with Gasteiger partial charge in [-0.25, -0.2) is 17.9 Å². The first-order chi connectivity index (χ1) is 12.1. The van der Waals surface area contributed by atoms with Crippen LogP contribution in [0.1, 0.15) is 47.0 Å². The van der Waals surface area contributed by atoms with Crippen LogP contribution >= 0.6 is 0 Å². The van der Waals surface area contributed by atoms with E-state index in [1.165, 1.54) is 6.92 Å². The number of nitrogens with one attached hydrogen (secondary N) is 2. The van der Waals surface area contributed by atoms with Crippen molar-refractivity contribution >= 4 is 21.9 Å². The van der Waals surface area contributed by atoms with E-state index in [2.05, 4.69) is 10.0 Å². The van der Waals surface area contributed by atoms with Crippen LogP contribution < -0.4 is 10.0 Å². The van der Waals surface area contributed by atoms with Crippen LogP contribution in [0.3, 0.4) is 0 Å². The lowest BCUT2D eigenvalue weighted by Crippen LogP contribution is -2.59. The second-order valence-electron chi connectivity index (χ2n) is 6.38. The summed E-state index contributed by atoms with van der Waals surface area (Å²) in [5.74, 6) is -0.811. The summed E-state index contributed by atoms with van der Waals surface area (Å²) in [4.78, 5) is 23.9. The number of ether oxygens (including phenoxy) is 2. The predicted octanol–water partition coefficient (Wildman–Crippen LogP) is 0.876. The molecule has 0 aliphatic heterocycles. The Morgan fingerprint density at radius 3 is 2.35 bits per heavy atom. The molecular weight excluding hydrogens is 360 g/mol. The first-order valence-electron chi connectivity index (χ1n) is 8.88. The maximum atomic E-state index is 12.2. The average molecular weight is 391 g/mol. The van der Waals surface area contributed by atoms with E-state index >= 15 is 0 Å². The molecule has 0 aromatic carbocycles. The summed E-state index contributed by atoms with van der Waals surface area (Å²) >= 11 is 0. The Hall–Kier alpha value is -1.45. The Morgan fingerprint density at radius 1 is 1.27 bits per heavy atom. The van der Waals surface area contributed by atoms with Gasteiger partial charge in [-0.05, 0) is 32.3 Å². The van der Waals surface area contributed by atoms with Gasteiger partial charge in [0.05, 0.1) is 31.1 Å². The largest absolute Gasteiger partial charge is 0.463 e. The van der Waals surface area contributed by atoms with Crippen molar-refractivity contribution in [2.75, 3.05) is 12.9 Å². The Labute approximate surface area is 155 Å². The van der Waals surface area contributed by atoms with Crippen molar-refractivity contribution in [3.8, 4) is 0 Å². The minimum absolute atomic E-state index is 0.0760. The molecule has 0 aromatic heterocycles. The van der Waals surface area contributed by atoms with Crippen LogP contribution in [0, 0.1) is 0 Å². The van der Waals surface area contributed by atoms with Gasteiger partial charge >= 0.3 is 5.97 Å². The quantitative estimate of drug-likeness (QED) is 0.565. The average Bonchev–Trinajstić information content (AvgIpc) is 2.53. The van der Waals surface area contributed by atoms with E-state index in [0.717, 1.165) is 19.1 Å². The summed E-state index contributed by atoms with van der Waals surface area (Å²) in [6.07, 6.45) is 3.58. The molecule has 1 amide bonds. The summed E-state index contributed by atoms with van der Waals surface area (Å²) in [5.41, 5.74) is 0.338. The molecule has 0 spiro atoms. The van der Waals surface area contributed by atoms with Gasteiger partial charge in [-0.15, -0.1) is 0 Å². The molecule has 0 unspecified atom stereocenters. The number of hydrogen-bond donors (Lipinski definition) is 2. The molecule has 8 nitrogen and oxygen atoms in total. The number of carbonyl (C=O) groups excluding carboxylic acids is 2. The van der Waals surface area contributed by atoms with Crippen LogP contribution in [0.25, 0.3) is 0 Å². The molecule has 0 radical (unpaired) electrons. The van der Waals surface area contributed by atoms with Gasteiger partial charge < -0.3 is 14.8 Å². The molecule has 0 saturated heterocycles. The van der Waals surface area contributed by atoms with E-state index in [1.54, 1.807) is 13.0 Å². The maximum Gasteiger partial charge on any atom is 0.333 e. The summed E-state index contributed by atoms with van der Waals surface area (Å²) in [6, 6.07) is -1.33. The summed E-state index contributed by atoms with van der Waals surface area (Å²) in [6.45, 7) is 7.23. The lowest BCUT2D eigenvalue weighted by Gasteiger charge is -2.38. The van der Waals surface area contributed by atoms with Gasteiger partial charge in [0.2, 0.25) is 15.9 Å². The third kappa shape index (κ3) is 7.05. The molecule has 1 aliphatic carbocycles. The molecule has 0 bridgehead atoms. The monoisotopic (exact) mass is 390 g/mol. The first-order valence-corrected chi connectivity index (χ1v) is 10.8. The van der Waals surface area contributed by atoms with Crippen LogP contribution in [0.4, 0.5) is 0 Å². The van der Waals surface area contributed by atoms with Crippen molar-refractivity contribution < 1.29 is 27.5 Å². The van der Waals surface area contributed by atoms with Crippen LogP contribution in [0.15, 0.2) is 11.6 Å². The SMILES string of the molecule is CCOC(=O)C1=C[C@@H](OC(CC)CC)[C@H](NC(C)=O)[C@@H](NS(C)(=O)=O)C1. The van der Waals surface area contributed by atoms with E-state index in [0.29, 0.717) is 5.57 Å². The van der Waals surface area contributed by atoms with Crippen LogP contribution in [-0.4, -0.2) is 57.4 Å². The smallest absolute Gasteiger partial charge is 0.333 e. The molecule has 26 heavy (non-hydrogen) atoms. The molecule has 0 heterocycles. The van der Waals surface area contributed by atoms with Gasteiger partial charge in [-0.3, -0.25) is 4.79 Å². The van der Waals surface area contributed by atoms with E-state index < -0.39 is 34.2 Å². The lowest BCUT2D eigenvalue weighted by molar-refractivity contribution is -0.139. The zero-order chi connectivity index (χ0) is 19.9. The van der Waals surface area contributed by atoms with Crippen LogP contribution in [-0.2, 0) is 29.1 Å². The van der Waals surface area contributed by atoms with Crippen molar-refractivity contribution in [3.63, 3.8) is 0 Å². The lowest BCUT2D eigenvalue weighted by atomic mass is 9.88. The highest BCUT2D eigenvalue weighted by Gasteiger charge is 2.39. The number of rotatable bonds is 9. The highest BCUT2D eigenvalue weighted by Crippen LogP contribution is 2.25. The number of carbonyl (C=O) groups is 2. The first kappa shape index (κ1) is 22.6. The Kier molecular flexibility index (Phi) is 8.72. The molecule has 1 rings (SSSR count). The van der Waals surface area contributed by atoms with Gasteiger partial charge in [-0.1, -0.05) is 13.8 Å². The van der Waals surface area contributed by atoms with Gasteiger partial charge in [0.1, 0.15) is 0 Å². The highest BCUT2D eigenvalue weighted by atomic mass is 32.2. The topological polar surface area (TPSA) is 111 Å². The number of esters is 1. The van der Waals surface area contributed by atoms with Crippen molar-refractivity contribution in [2.45, 2.75) is 71.2 Å². The molecule has 0 saturated carbocycles. The van der Waals surface area contributed by atoms with E-state index in [-0.39, 0.29) is 25.0 Å². The molecule has 150 valence electrons. The fourth-order valence-electron chi connectivity index (χ4n) is 2.97. The predicted molar refractivity (Wildman–Crippen MR) is 97.9 cm³/mol. The van der Waals surface area contributed by atoms with Crippen molar-refractivity contribution in [1.29, 1.82) is 0 Å². The minimum Gasteiger partial charge on any atom is -0.463 e. The summed E-state index contributed by atoms with van der Waals surface area (Å²) in [5, 5.41) is 2.76. The maximum absolute atomic E-state index is 12.2. The Morgan fingerprint density at radius 2 is 1.88 bits per heavy atom. The summed E-state index contributed by atoms with van der Waals surface area (Å²) < 4.78 is 37.2. The fraction of sp³-hybridized carbons (Fsp3) is 0.765. The van der Waals surface area contributed by atoms with E-state index in [9.17, 15) is 18.0 Å². The molecule has 0 aromatic rings. The zero-order valence-corrected chi connectivity index (χ0v) is 16.9. The van der Waals surface area contributed by atoms with Gasteiger partial charge in [0.25, 0.3) is 0 Å². The molecule has 3 atom stereocenters. The van der Waals surface area contributed by atoms with Gasteiger partial charge in [0.15, 0.2) is 0 Å². The van der Waals surface area contributed by atoms with Crippen LogP contribution in [0.5, 0.6) is 0 Å². The third-order valence-electron chi connectivity index (χ3n) is 4.13. The van der Waals surface area contributed by atoms with Crippen LogP contribution in [0.2, 0.25) is 0 Å². The molecule has 2 N–H and O–H groups in total. The normalized spacial score (nSPS) is 23.5. The van der Waals surface area contributed by atoms with Crippen molar-refractivity contribution in [1.82, 2.24) is 10.0 Å². The van der Waals surface area contributed by atoms with Gasteiger partial charge in [-0.2, -0.15) is 0 Å². The second-order valence-corrected chi connectivity index (χ2v) is 8.16. The fourth-order valence-corrected chi connectivity index (χ4v) is 3.75. The molecule has 1 aliphatic rings. The van der Waals surface area contributed by atoms with E-state index in [1.807, 2.05) is 13.8 Å². The highest BCUT2D eigenvalue weighted by molar-refractivity contribution is 7.88. The molecular formula is C17H30N2O6S. The third-order valence-corrected chi connectivity index (χ3v) is 4.86. The minimum atomic E-state index is -3.55. The Bertz CT molecular complexity index is 627. The summed E-state index contributed by atoms with van der Waals surface area (Å²) in [7, 11) is -3.55.